The Hall–Kier alpha value is -1.36. The molecule has 0 radical (unpaired) electrons. The lowest BCUT2D eigenvalue weighted by atomic mass is 10.2. The van der Waals surface area contributed by atoms with E-state index in [1.54, 1.807) is 6.20 Å². The van der Waals surface area contributed by atoms with E-state index in [0.29, 0.717) is 13.0 Å². The van der Waals surface area contributed by atoms with Crippen LogP contribution in [0.1, 0.15) is 12.2 Å². The van der Waals surface area contributed by atoms with Crippen LogP contribution in [0.4, 0.5) is 0 Å². The zero-order valence-corrected chi connectivity index (χ0v) is 7.47. The van der Waals surface area contributed by atoms with Gasteiger partial charge in [0.2, 0.25) is 0 Å². The summed E-state index contributed by atoms with van der Waals surface area (Å²) in [6.45, 7) is 2.46. The second kappa shape index (κ2) is 4.04. The predicted octanol–water partition coefficient (Wildman–Crippen LogP) is -0.00648. The maximum absolute atomic E-state index is 10.4. The predicted molar refractivity (Wildman–Crippen MR) is 47.2 cm³/mol. The van der Waals surface area contributed by atoms with Crippen LogP contribution in [0.3, 0.4) is 0 Å². The molecule has 1 atom stereocenters. The fourth-order valence-corrected chi connectivity index (χ4v) is 1.04. The summed E-state index contributed by atoms with van der Waals surface area (Å²) in [5.41, 5.74) is 5.35. The van der Waals surface area contributed by atoms with Gasteiger partial charge in [0.1, 0.15) is 11.9 Å². The fourth-order valence-electron chi connectivity index (χ4n) is 1.04. The fraction of sp³-hybridized carbons (Fsp3) is 0.500. The average Bonchev–Trinajstić information content (AvgIpc) is 2.47. The van der Waals surface area contributed by atoms with Gasteiger partial charge in [-0.25, -0.2) is 4.98 Å². The van der Waals surface area contributed by atoms with Crippen LogP contribution in [0, 0.1) is 6.92 Å². The molecule has 0 aliphatic heterocycles. The SMILES string of the molecule is Cc1nccn1CCC(N)C(=O)O. The molecular weight excluding hydrogens is 170 g/mol. The number of carboxylic acid groups (broad SMARTS) is 1. The van der Waals surface area contributed by atoms with E-state index in [1.807, 2.05) is 17.7 Å². The number of carbonyl (C=O) groups is 1. The van der Waals surface area contributed by atoms with E-state index >= 15 is 0 Å². The lowest BCUT2D eigenvalue weighted by molar-refractivity contribution is -0.138. The Kier molecular flexibility index (Phi) is 3.02. The first kappa shape index (κ1) is 9.73. The Balaban J connectivity index is 2.44. The van der Waals surface area contributed by atoms with E-state index in [1.165, 1.54) is 0 Å². The van der Waals surface area contributed by atoms with Crippen LogP contribution in [0.5, 0.6) is 0 Å². The first-order chi connectivity index (χ1) is 6.11. The summed E-state index contributed by atoms with van der Waals surface area (Å²) < 4.78 is 1.88. The normalized spacial score (nSPS) is 12.8. The minimum absolute atomic E-state index is 0.423. The molecule has 0 saturated heterocycles. The number of hydrogen-bond acceptors (Lipinski definition) is 3. The molecule has 0 bridgehead atoms. The number of carboxylic acids is 1. The molecule has 0 fully saturated rings. The van der Waals surface area contributed by atoms with Crippen molar-refractivity contribution in [2.24, 2.45) is 5.73 Å². The monoisotopic (exact) mass is 183 g/mol. The third-order valence-corrected chi connectivity index (χ3v) is 1.92. The van der Waals surface area contributed by atoms with Gasteiger partial charge in [-0.15, -0.1) is 0 Å². The smallest absolute Gasteiger partial charge is 0.320 e. The summed E-state index contributed by atoms with van der Waals surface area (Å²) in [5.74, 6) is -0.0876. The second-order valence-electron chi connectivity index (χ2n) is 2.90. The number of aryl methyl sites for hydroxylation is 2. The molecule has 0 spiro atoms. The van der Waals surface area contributed by atoms with Crippen LogP contribution < -0.4 is 5.73 Å². The molecule has 0 aliphatic carbocycles. The van der Waals surface area contributed by atoms with Gasteiger partial charge in [-0.2, -0.15) is 0 Å². The molecule has 13 heavy (non-hydrogen) atoms. The number of aromatic nitrogens is 2. The van der Waals surface area contributed by atoms with E-state index in [-0.39, 0.29) is 0 Å². The number of aliphatic carboxylic acids is 1. The molecule has 0 aromatic carbocycles. The van der Waals surface area contributed by atoms with Crippen molar-refractivity contribution >= 4 is 5.97 Å². The first-order valence-corrected chi connectivity index (χ1v) is 4.07. The van der Waals surface area contributed by atoms with Crippen LogP contribution >= 0.6 is 0 Å². The van der Waals surface area contributed by atoms with Gasteiger partial charge in [0, 0.05) is 18.9 Å². The van der Waals surface area contributed by atoms with Crippen LogP contribution in [-0.2, 0) is 11.3 Å². The highest BCUT2D eigenvalue weighted by molar-refractivity contribution is 5.72. The maximum Gasteiger partial charge on any atom is 0.320 e. The highest BCUT2D eigenvalue weighted by atomic mass is 16.4. The molecule has 0 aliphatic rings. The van der Waals surface area contributed by atoms with Crippen molar-refractivity contribution in [2.45, 2.75) is 25.9 Å². The summed E-state index contributed by atoms with van der Waals surface area (Å²) in [7, 11) is 0. The molecule has 5 nitrogen and oxygen atoms in total. The zero-order chi connectivity index (χ0) is 9.84. The summed E-state index contributed by atoms with van der Waals surface area (Å²) >= 11 is 0. The minimum atomic E-state index is -0.960. The Morgan fingerprint density at radius 1 is 1.85 bits per heavy atom. The third-order valence-electron chi connectivity index (χ3n) is 1.92. The van der Waals surface area contributed by atoms with Crippen molar-refractivity contribution in [1.29, 1.82) is 0 Å². The van der Waals surface area contributed by atoms with Crippen molar-refractivity contribution < 1.29 is 9.90 Å². The number of nitrogens with two attached hydrogens (primary N) is 1. The molecule has 5 heteroatoms. The topological polar surface area (TPSA) is 81.1 Å². The molecular formula is C8H13N3O2. The van der Waals surface area contributed by atoms with Crippen molar-refractivity contribution in [2.75, 3.05) is 0 Å². The second-order valence-corrected chi connectivity index (χ2v) is 2.90. The van der Waals surface area contributed by atoms with Crippen molar-refractivity contribution in [3.05, 3.63) is 18.2 Å². The number of nitrogens with zero attached hydrogens (tertiary/aromatic N) is 2. The zero-order valence-electron chi connectivity index (χ0n) is 7.47. The van der Waals surface area contributed by atoms with E-state index in [4.69, 9.17) is 10.8 Å². The Morgan fingerprint density at radius 2 is 2.54 bits per heavy atom. The maximum atomic E-state index is 10.4. The first-order valence-electron chi connectivity index (χ1n) is 4.07. The molecule has 1 aromatic rings. The minimum Gasteiger partial charge on any atom is -0.480 e. The van der Waals surface area contributed by atoms with E-state index in [0.717, 1.165) is 5.82 Å². The standard InChI is InChI=1S/C8H13N3O2/c1-6-10-3-5-11(6)4-2-7(9)8(12)13/h3,5,7H,2,4,9H2,1H3,(H,12,13). The van der Waals surface area contributed by atoms with Crippen LogP contribution in [0.2, 0.25) is 0 Å². The Bertz CT molecular complexity index is 295. The molecule has 1 aromatic heterocycles. The van der Waals surface area contributed by atoms with Crippen LogP contribution in [0.25, 0.3) is 0 Å². The lowest BCUT2D eigenvalue weighted by Crippen LogP contribution is -2.31. The van der Waals surface area contributed by atoms with Gasteiger partial charge < -0.3 is 15.4 Å². The van der Waals surface area contributed by atoms with Gasteiger partial charge in [0.15, 0.2) is 0 Å². The third kappa shape index (κ3) is 2.55. The number of hydrogen-bond donors (Lipinski definition) is 2. The van der Waals surface area contributed by atoms with Gasteiger partial charge in [-0.1, -0.05) is 0 Å². The van der Waals surface area contributed by atoms with Gasteiger partial charge in [0.05, 0.1) is 0 Å². The van der Waals surface area contributed by atoms with Crippen LogP contribution in [0.15, 0.2) is 12.4 Å². The number of imidazole rings is 1. The number of rotatable bonds is 4. The summed E-state index contributed by atoms with van der Waals surface area (Å²) in [6, 6.07) is -0.790. The van der Waals surface area contributed by atoms with Crippen LogP contribution in [-0.4, -0.2) is 26.7 Å². The van der Waals surface area contributed by atoms with E-state index in [9.17, 15) is 4.79 Å². The molecule has 1 heterocycles. The highest BCUT2D eigenvalue weighted by Crippen LogP contribution is 1.99. The summed E-state index contributed by atoms with van der Waals surface area (Å²) in [5, 5.41) is 8.53. The van der Waals surface area contributed by atoms with E-state index in [2.05, 4.69) is 4.98 Å². The molecule has 3 N–H and O–H groups in total. The van der Waals surface area contributed by atoms with Gasteiger partial charge >= 0.3 is 5.97 Å². The van der Waals surface area contributed by atoms with E-state index < -0.39 is 12.0 Å². The van der Waals surface area contributed by atoms with Gasteiger partial charge in [-0.05, 0) is 13.3 Å². The summed E-state index contributed by atoms with van der Waals surface area (Å²) in [6.07, 6.45) is 3.91. The largest absolute Gasteiger partial charge is 0.480 e. The molecule has 0 saturated carbocycles. The Labute approximate surface area is 76.2 Å². The van der Waals surface area contributed by atoms with Gasteiger partial charge in [0.25, 0.3) is 0 Å². The van der Waals surface area contributed by atoms with Crippen molar-refractivity contribution in [3.8, 4) is 0 Å². The molecule has 1 unspecified atom stereocenters. The van der Waals surface area contributed by atoms with Gasteiger partial charge in [-0.3, -0.25) is 4.79 Å². The Morgan fingerprint density at radius 3 is 3.00 bits per heavy atom. The molecule has 72 valence electrons. The quantitative estimate of drug-likeness (QED) is 0.688. The lowest BCUT2D eigenvalue weighted by Gasteiger charge is -2.07. The van der Waals surface area contributed by atoms with Crippen molar-refractivity contribution in [1.82, 2.24) is 9.55 Å². The molecule has 0 amide bonds. The summed E-state index contributed by atoms with van der Waals surface area (Å²) in [4.78, 5) is 14.4. The molecule has 1 rings (SSSR count). The average molecular weight is 183 g/mol. The van der Waals surface area contributed by atoms with Crippen molar-refractivity contribution in [3.63, 3.8) is 0 Å². The highest BCUT2D eigenvalue weighted by Gasteiger charge is 2.10.